The molecule has 1 unspecified atom stereocenters. The molecule has 0 spiro atoms. The fourth-order valence-electron chi connectivity index (χ4n) is 2.70. The van der Waals surface area contributed by atoms with Gasteiger partial charge in [0.1, 0.15) is 6.10 Å². The number of hydrogen-bond donors (Lipinski definition) is 2. The summed E-state index contributed by atoms with van der Waals surface area (Å²) in [5, 5.41) is 6.25. The summed E-state index contributed by atoms with van der Waals surface area (Å²) in [6.45, 7) is 3.03. The summed E-state index contributed by atoms with van der Waals surface area (Å²) >= 11 is 0. The molecular weight excluding hydrogens is 204 g/mol. The van der Waals surface area contributed by atoms with Crippen LogP contribution in [-0.4, -0.2) is 38.3 Å². The van der Waals surface area contributed by atoms with Crippen LogP contribution in [0.5, 0.6) is 0 Å². The minimum atomic E-state index is -0.274. The van der Waals surface area contributed by atoms with E-state index in [1.165, 1.54) is 25.7 Å². The normalized spacial score (nSPS) is 32.1. The van der Waals surface area contributed by atoms with Crippen LogP contribution in [-0.2, 0) is 9.53 Å². The molecule has 1 amide bonds. The van der Waals surface area contributed by atoms with Gasteiger partial charge in [-0.05, 0) is 37.0 Å². The second-order valence-electron chi connectivity index (χ2n) is 5.42. The highest BCUT2D eigenvalue weighted by Gasteiger charge is 2.53. The van der Waals surface area contributed by atoms with Crippen LogP contribution in [0.15, 0.2) is 0 Å². The molecule has 4 heteroatoms. The zero-order valence-corrected chi connectivity index (χ0v) is 9.63. The molecule has 3 fully saturated rings. The summed E-state index contributed by atoms with van der Waals surface area (Å²) in [6.07, 6.45) is 5.08. The predicted molar refractivity (Wildman–Crippen MR) is 60.0 cm³/mol. The van der Waals surface area contributed by atoms with E-state index in [1.54, 1.807) is 0 Å². The topological polar surface area (TPSA) is 50.4 Å². The lowest BCUT2D eigenvalue weighted by atomic mass is 10.0. The van der Waals surface area contributed by atoms with Crippen molar-refractivity contribution in [2.75, 3.05) is 26.2 Å². The first-order valence-electron chi connectivity index (χ1n) is 6.40. The minimum Gasteiger partial charge on any atom is -0.366 e. The fraction of sp³-hybridized carbons (Fsp3) is 0.917. The molecule has 2 N–H and O–H groups in total. The van der Waals surface area contributed by atoms with Gasteiger partial charge in [0.2, 0.25) is 5.91 Å². The summed E-state index contributed by atoms with van der Waals surface area (Å²) in [5.74, 6) is 0.970. The van der Waals surface area contributed by atoms with Crippen LogP contribution in [0, 0.1) is 11.3 Å². The SMILES string of the molecule is O=C(NCC1(C2CC2)CC1)C1CNCCO1. The summed E-state index contributed by atoms with van der Waals surface area (Å²) < 4.78 is 5.43. The van der Waals surface area contributed by atoms with E-state index in [0.29, 0.717) is 18.6 Å². The molecule has 0 aromatic heterocycles. The van der Waals surface area contributed by atoms with Gasteiger partial charge in [0, 0.05) is 19.6 Å². The van der Waals surface area contributed by atoms with Crippen molar-refractivity contribution in [1.29, 1.82) is 0 Å². The number of ether oxygens (including phenoxy) is 1. The molecule has 3 rings (SSSR count). The van der Waals surface area contributed by atoms with Gasteiger partial charge < -0.3 is 15.4 Å². The third-order valence-corrected chi connectivity index (χ3v) is 4.17. The lowest BCUT2D eigenvalue weighted by molar-refractivity contribution is -0.134. The van der Waals surface area contributed by atoms with Crippen molar-refractivity contribution in [1.82, 2.24) is 10.6 Å². The smallest absolute Gasteiger partial charge is 0.250 e. The lowest BCUT2D eigenvalue weighted by Crippen LogP contribution is -2.49. The summed E-state index contributed by atoms with van der Waals surface area (Å²) in [7, 11) is 0. The highest BCUT2D eigenvalue weighted by Crippen LogP contribution is 2.60. The van der Waals surface area contributed by atoms with Crippen LogP contribution < -0.4 is 10.6 Å². The number of morpholine rings is 1. The molecule has 1 saturated heterocycles. The summed E-state index contributed by atoms with van der Waals surface area (Å²) in [5.41, 5.74) is 0.484. The molecule has 1 aliphatic heterocycles. The Balaban J connectivity index is 1.45. The number of nitrogens with one attached hydrogen (secondary N) is 2. The summed E-state index contributed by atoms with van der Waals surface area (Å²) in [4.78, 5) is 11.8. The van der Waals surface area contributed by atoms with E-state index in [2.05, 4.69) is 10.6 Å². The average molecular weight is 224 g/mol. The molecule has 1 atom stereocenters. The number of amides is 1. The Hall–Kier alpha value is -0.610. The van der Waals surface area contributed by atoms with Crippen molar-refractivity contribution in [2.24, 2.45) is 11.3 Å². The second kappa shape index (κ2) is 4.00. The number of carbonyl (C=O) groups is 1. The Labute approximate surface area is 96.1 Å². The van der Waals surface area contributed by atoms with Gasteiger partial charge in [0.15, 0.2) is 0 Å². The molecule has 4 nitrogen and oxygen atoms in total. The van der Waals surface area contributed by atoms with Crippen molar-refractivity contribution in [3.63, 3.8) is 0 Å². The highest BCUT2D eigenvalue weighted by molar-refractivity contribution is 5.81. The van der Waals surface area contributed by atoms with E-state index in [1.807, 2.05) is 0 Å². The average Bonchev–Trinajstić information content (AvgIpc) is 3.17. The first kappa shape index (κ1) is 10.5. The number of hydrogen-bond acceptors (Lipinski definition) is 3. The van der Waals surface area contributed by atoms with Crippen LogP contribution in [0.2, 0.25) is 0 Å². The van der Waals surface area contributed by atoms with Gasteiger partial charge >= 0.3 is 0 Å². The van der Waals surface area contributed by atoms with Crippen molar-refractivity contribution in [3.8, 4) is 0 Å². The predicted octanol–water partition coefficient (Wildman–Crippen LogP) is 0.281. The third kappa shape index (κ3) is 2.09. The van der Waals surface area contributed by atoms with Crippen molar-refractivity contribution in [2.45, 2.75) is 31.8 Å². The maximum atomic E-state index is 11.8. The molecular formula is C12H20N2O2. The van der Waals surface area contributed by atoms with Crippen LogP contribution >= 0.6 is 0 Å². The largest absolute Gasteiger partial charge is 0.366 e. The van der Waals surface area contributed by atoms with Gasteiger partial charge in [-0.2, -0.15) is 0 Å². The highest BCUT2D eigenvalue weighted by atomic mass is 16.5. The maximum absolute atomic E-state index is 11.8. The molecule has 0 aromatic carbocycles. The van der Waals surface area contributed by atoms with Crippen molar-refractivity contribution >= 4 is 5.91 Å². The second-order valence-corrected chi connectivity index (χ2v) is 5.42. The molecule has 90 valence electrons. The first-order valence-corrected chi connectivity index (χ1v) is 6.40. The zero-order valence-electron chi connectivity index (χ0n) is 9.63. The minimum absolute atomic E-state index is 0.0686. The fourth-order valence-corrected chi connectivity index (χ4v) is 2.70. The quantitative estimate of drug-likeness (QED) is 0.721. The molecule has 16 heavy (non-hydrogen) atoms. The first-order chi connectivity index (χ1) is 7.80. The van der Waals surface area contributed by atoms with E-state index in [4.69, 9.17) is 4.74 Å². The third-order valence-electron chi connectivity index (χ3n) is 4.17. The lowest BCUT2D eigenvalue weighted by Gasteiger charge is -2.24. The molecule has 0 aromatic rings. The van der Waals surface area contributed by atoms with E-state index in [9.17, 15) is 4.79 Å². The van der Waals surface area contributed by atoms with E-state index < -0.39 is 0 Å². The van der Waals surface area contributed by atoms with E-state index in [0.717, 1.165) is 19.0 Å². The zero-order chi connectivity index (χ0) is 11.0. The molecule has 2 saturated carbocycles. The van der Waals surface area contributed by atoms with Crippen LogP contribution in [0.3, 0.4) is 0 Å². The summed E-state index contributed by atoms with van der Waals surface area (Å²) in [6, 6.07) is 0. The van der Waals surface area contributed by atoms with Crippen molar-refractivity contribution < 1.29 is 9.53 Å². The Morgan fingerprint density at radius 3 is 2.81 bits per heavy atom. The van der Waals surface area contributed by atoms with Gasteiger partial charge in [-0.1, -0.05) is 0 Å². The van der Waals surface area contributed by atoms with Gasteiger partial charge in [-0.25, -0.2) is 0 Å². The molecule has 0 bridgehead atoms. The molecule has 1 heterocycles. The standard InChI is InChI=1S/C12H20N2O2/c15-11(10-7-13-5-6-16-10)14-8-12(3-4-12)9-1-2-9/h9-10,13H,1-8H2,(H,14,15). The Morgan fingerprint density at radius 2 is 2.25 bits per heavy atom. The van der Waals surface area contributed by atoms with Crippen LogP contribution in [0.4, 0.5) is 0 Å². The van der Waals surface area contributed by atoms with Gasteiger partial charge in [-0.3, -0.25) is 4.79 Å². The van der Waals surface area contributed by atoms with Gasteiger partial charge in [-0.15, -0.1) is 0 Å². The van der Waals surface area contributed by atoms with Gasteiger partial charge in [0.05, 0.1) is 6.61 Å². The van der Waals surface area contributed by atoms with E-state index in [-0.39, 0.29) is 12.0 Å². The Bertz CT molecular complexity index is 279. The van der Waals surface area contributed by atoms with Crippen LogP contribution in [0.25, 0.3) is 0 Å². The van der Waals surface area contributed by atoms with Crippen LogP contribution in [0.1, 0.15) is 25.7 Å². The number of rotatable bonds is 4. The van der Waals surface area contributed by atoms with Gasteiger partial charge in [0.25, 0.3) is 0 Å². The van der Waals surface area contributed by atoms with E-state index >= 15 is 0 Å². The van der Waals surface area contributed by atoms with Crippen molar-refractivity contribution in [3.05, 3.63) is 0 Å². The monoisotopic (exact) mass is 224 g/mol. The Morgan fingerprint density at radius 1 is 1.44 bits per heavy atom. The molecule has 0 radical (unpaired) electrons. The maximum Gasteiger partial charge on any atom is 0.250 e. The molecule has 2 aliphatic carbocycles. The number of carbonyl (C=O) groups excluding carboxylic acids is 1. The molecule has 3 aliphatic rings. The Kier molecular flexibility index (Phi) is 2.64.